The molecule has 212 valence electrons. The Kier molecular flexibility index (Phi) is 9.12. The number of aliphatic hydroxyl groups excluding tert-OH is 2. The molecule has 0 unspecified atom stereocenters. The Morgan fingerprint density at radius 2 is 1.76 bits per heavy atom. The third-order valence-electron chi connectivity index (χ3n) is 8.40. The normalized spacial score (nSPS) is 24.8. The molecular formula is C29H47N5O4. The van der Waals surface area contributed by atoms with Gasteiger partial charge in [-0.15, -0.1) is 0 Å². The van der Waals surface area contributed by atoms with Crippen LogP contribution in [-0.2, 0) is 4.74 Å². The molecule has 2 aliphatic rings. The summed E-state index contributed by atoms with van der Waals surface area (Å²) in [5.74, 6) is 1.42. The SMILES string of the molecule is COCCN1C(C)(C)CC(Oc2ncc([C@H]3CC[C@H](O)CC3)c3nc(N[C@@H](C)CCO)ncc23)CC1(C)C. The zero-order valence-corrected chi connectivity index (χ0v) is 24.0. The van der Waals surface area contributed by atoms with Crippen molar-refractivity contribution in [1.29, 1.82) is 0 Å². The van der Waals surface area contributed by atoms with E-state index < -0.39 is 0 Å². The third-order valence-corrected chi connectivity index (χ3v) is 8.40. The van der Waals surface area contributed by atoms with Crippen molar-refractivity contribution in [3.8, 4) is 5.88 Å². The minimum atomic E-state index is -0.222. The summed E-state index contributed by atoms with van der Waals surface area (Å²) in [6.45, 7) is 12.8. The number of piperidine rings is 1. The highest BCUT2D eigenvalue weighted by Gasteiger charge is 2.46. The number of anilines is 1. The first-order valence-corrected chi connectivity index (χ1v) is 14.2. The van der Waals surface area contributed by atoms with Crippen molar-refractivity contribution in [2.24, 2.45) is 0 Å². The number of nitrogens with zero attached hydrogens (tertiary/aromatic N) is 4. The average molecular weight is 530 g/mol. The maximum absolute atomic E-state index is 10.1. The van der Waals surface area contributed by atoms with Crippen LogP contribution >= 0.6 is 0 Å². The molecule has 9 heteroatoms. The number of methoxy groups -OCH3 is 1. The van der Waals surface area contributed by atoms with E-state index in [4.69, 9.17) is 19.4 Å². The smallest absolute Gasteiger partial charge is 0.224 e. The minimum absolute atomic E-state index is 0.00699. The van der Waals surface area contributed by atoms with E-state index in [9.17, 15) is 10.2 Å². The van der Waals surface area contributed by atoms with Crippen molar-refractivity contribution in [3.63, 3.8) is 0 Å². The van der Waals surface area contributed by atoms with Crippen LogP contribution in [0.5, 0.6) is 5.88 Å². The molecule has 3 N–H and O–H groups in total. The lowest BCUT2D eigenvalue weighted by molar-refractivity contribution is -0.0815. The largest absolute Gasteiger partial charge is 0.474 e. The summed E-state index contributed by atoms with van der Waals surface area (Å²) in [5, 5.41) is 23.5. The molecule has 2 aromatic heterocycles. The molecule has 1 atom stereocenters. The predicted molar refractivity (Wildman–Crippen MR) is 150 cm³/mol. The summed E-state index contributed by atoms with van der Waals surface area (Å²) >= 11 is 0. The van der Waals surface area contributed by atoms with Gasteiger partial charge in [0.25, 0.3) is 0 Å². The molecular weight excluding hydrogens is 482 g/mol. The van der Waals surface area contributed by atoms with Crippen molar-refractivity contribution in [3.05, 3.63) is 18.0 Å². The lowest BCUT2D eigenvalue weighted by atomic mass is 9.78. The predicted octanol–water partition coefficient (Wildman–Crippen LogP) is 4.27. The van der Waals surface area contributed by atoms with Crippen LogP contribution in [0.25, 0.3) is 10.9 Å². The first-order valence-electron chi connectivity index (χ1n) is 14.2. The van der Waals surface area contributed by atoms with Crippen LogP contribution in [0.3, 0.4) is 0 Å². The van der Waals surface area contributed by atoms with Gasteiger partial charge in [0, 0.05) is 68.2 Å². The quantitative estimate of drug-likeness (QED) is 0.415. The Bertz CT molecular complexity index is 1050. The molecule has 9 nitrogen and oxygen atoms in total. The van der Waals surface area contributed by atoms with E-state index >= 15 is 0 Å². The zero-order valence-electron chi connectivity index (χ0n) is 24.0. The van der Waals surface area contributed by atoms with Crippen molar-refractivity contribution in [2.75, 3.05) is 32.2 Å². The average Bonchev–Trinajstić information content (AvgIpc) is 2.83. The van der Waals surface area contributed by atoms with Crippen LogP contribution in [0.15, 0.2) is 12.4 Å². The van der Waals surface area contributed by atoms with E-state index in [0.717, 1.165) is 61.5 Å². The number of aromatic nitrogens is 3. The number of likely N-dealkylation sites (tertiary alicyclic amines) is 1. The van der Waals surface area contributed by atoms with Crippen LogP contribution < -0.4 is 10.1 Å². The zero-order chi connectivity index (χ0) is 27.5. The highest BCUT2D eigenvalue weighted by atomic mass is 16.5. The summed E-state index contributed by atoms with van der Waals surface area (Å²) in [4.78, 5) is 16.9. The molecule has 38 heavy (non-hydrogen) atoms. The maximum atomic E-state index is 10.1. The molecule has 0 bridgehead atoms. The molecule has 2 aromatic rings. The molecule has 1 aliphatic heterocycles. The Hall–Kier alpha value is -2.07. The summed E-state index contributed by atoms with van der Waals surface area (Å²) in [5.41, 5.74) is 1.84. The van der Waals surface area contributed by atoms with Gasteiger partial charge in [-0.3, -0.25) is 4.90 Å². The number of aliphatic hydroxyl groups is 2. The standard InChI is InChI=1S/C29H47N5O4/c1-19(11-13-35)32-27-31-18-24-25(33-27)23(20-7-9-21(36)10-8-20)17-30-26(24)38-22-15-28(2,3)34(12-14-37-6)29(4,5)16-22/h17-22,35-36H,7-16H2,1-6H3,(H,31,32,33)/t19-,20-,21-/m0/s1. The highest BCUT2D eigenvalue weighted by Crippen LogP contribution is 2.42. The summed E-state index contributed by atoms with van der Waals surface area (Å²) in [7, 11) is 1.75. The summed E-state index contributed by atoms with van der Waals surface area (Å²) in [6.07, 6.45) is 9.32. The molecule has 0 radical (unpaired) electrons. The fraction of sp³-hybridized carbons (Fsp3) is 0.759. The molecule has 3 heterocycles. The lowest BCUT2D eigenvalue weighted by Gasteiger charge is -2.55. The third kappa shape index (κ3) is 6.55. The van der Waals surface area contributed by atoms with Gasteiger partial charge in [-0.25, -0.2) is 15.0 Å². The lowest BCUT2D eigenvalue weighted by Crippen LogP contribution is -2.63. The van der Waals surface area contributed by atoms with Crippen molar-refractivity contribution in [2.45, 2.75) is 115 Å². The highest BCUT2D eigenvalue weighted by molar-refractivity contribution is 5.86. The van der Waals surface area contributed by atoms with Gasteiger partial charge in [0.15, 0.2) is 0 Å². The van der Waals surface area contributed by atoms with Gasteiger partial charge in [0.05, 0.1) is 23.6 Å². The Balaban J connectivity index is 1.65. The number of ether oxygens (including phenoxy) is 2. The van der Waals surface area contributed by atoms with Crippen molar-refractivity contribution < 1.29 is 19.7 Å². The number of fused-ring (bicyclic) bond motifs is 1. The van der Waals surface area contributed by atoms with Crippen LogP contribution in [0.4, 0.5) is 5.95 Å². The Morgan fingerprint density at radius 1 is 1.08 bits per heavy atom. The van der Waals surface area contributed by atoms with Gasteiger partial charge in [0.2, 0.25) is 11.8 Å². The fourth-order valence-electron chi connectivity index (χ4n) is 6.61. The van der Waals surface area contributed by atoms with E-state index in [1.807, 2.05) is 19.3 Å². The van der Waals surface area contributed by atoms with Crippen molar-refractivity contribution in [1.82, 2.24) is 19.9 Å². The Labute approximate surface area is 227 Å². The topological polar surface area (TPSA) is 113 Å². The van der Waals surface area contributed by atoms with Gasteiger partial charge in [0.1, 0.15) is 6.10 Å². The van der Waals surface area contributed by atoms with E-state index in [2.05, 4.69) is 42.9 Å². The van der Waals surface area contributed by atoms with Crippen LogP contribution in [-0.4, -0.2) is 86.3 Å². The van der Waals surface area contributed by atoms with Gasteiger partial charge < -0.3 is 25.0 Å². The van der Waals surface area contributed by atoms with Gasteiger partial charge in [-0.05, 0) is 72.6 Å². The van der Waals surface area contributed by atoms with E-state index in [1.165, 1.54) is 0 Å². The maximum Gasteiger partial charge on any atom is 0.224 e. The molecule has 0 spiro atoms. The second-order valence-electron chi connectivity index (χ2n) is 12.5. The molecule has 0 amide bonds. The Morgan fingerprint density at radius 3 is 2.39 bits per heavy atom. The molecule has 1 saturated carbocycles. The first kappa shape index (κ1) is 28.9. The number of rotatable bonds is 10. The van der Waals surface area contributed by atoms with E-state index in [-0.39, 0.29) is 35.9 Å². The fourth-order valence-corrected chi connectivity index (χ4v) is 6.61. The second-order valence-corrected chi connectivity index (χ2v) is 12.5. The molecule has 1 aliphatic carbocycles. The molecule has 2 fully saturated rings. The second kappa shape index (κ2) is 12.0. The molecule has 0 aromatic carbocycles. The van der Waals surface area contributed by atoms with Crippen LogP contribution in [0.1, 0.15) is 91.0 Å². The van der Waals surface area contributed by atoms with E-state index in [1.54, 1.807) is 7.11 Å². The number of nitrogens with one attached hydrogen (secondary N) is 1. The van der Waals surface area contributed by atoms with Crippen LogP contribution in [0, 0.1) is 0 Å². The molecule has 4 rings (SSSR count). The van der Waals surface area contributed by atoms with E-state index in [0.29, 0.717) is 30.8 Å². The number of hydrogen-bond acceptors (Lipinski definition) is 9. The molecule has 1 saturated heterocycles. The van der Waals surface area contributed by atoms with Gasteiger partial charge >= 0.3 is 0 Å². The van der Waals surface area contributed by atoms with Crippen molar-refractivity contribution >= 4 is 16.9 Å². The summed E-state index contributed by atoms with van der Waals surface area (Å²) < 4.78 is 12.1. The van der Waals surface area contributed by atoms with Gasteiger partial charge in [-0.1, -0.05) is 0 Å². The number of pyridine rings is 1. The number of hydrogen-bond donors (Lipinski definition) is 3. The van der Waals surface area contributed by atoms with Crippen LogP contribution in [0.2, 0.25) is 0 Å². The first-order chi connectivity index (χ1) is 18.0. The monoisotopic (exact) mass is 529 g/mol. The van der Waals surface area contributed by atoms with Gasteiger partial charge in [-0.2, -0.15) is 0 Å². The minimum Gasteiger partial charge on any atom is -0.474 e. The summed E-state index contributed by atoms with van der Waals surface area (Å²) in [6, 6.07) is 0.0519.